The van der Waals surface area contributed by atoms with Crippen molar-refractivity contribution in [2.75, 3.05) is 7.11 Å². The summed E-state index contributed by atoms with van der Waals surface area (Å²) in [6, 6.07) is 5.72. The van der Waals surface area contributed by atoms with Crippen molar-refractivity contribution < 1.29 is 4.74 Å². The van der Waals surface area contributed by atoms with E-state index in [1.54, 1.807) is 19.5 Å². The highest BCUT2D eigenvalue weighted by Crippen LogP contribution is 2.25. The fourth-order valence-corrected chi connectivity index (χ4v) is 2.12. The number of aromatic nitrogens is 4. The minimum Gasteiger partial charge on any atom is -0.481 e. The standard InChI is InChI=1S/C14H14N4O/c1-9-10(2)17-12-6-7-16-18(12)14(9)11-4-5-13(19-3)15-8-11/h4-8H,1-3H3. The summed E-state index contributed by atoms with van der Waals surface area (Å²) >= 11 is 0. The molecule has 0 atom stereocenters. The average molecular weight is 254 g/mol. The number of rotatable bonds is 2. The lowest BCUT2D eigenvalue weighted by molar-refractivity contribution is 0.398. The highest BCUT2D eigenvalue weighted by atomic mass is 16.5. The van der Waals surface area contributed by atoms with Gasteiger partial charge in [-0.2, -0.15) is 5.10 Å². The van der Waals surface area contributed by atoms with E-state index in [-0.39, 0.29) is 0 Å². The topological polar surface area (TPSA) is 52.3 Å². The molecular formula is C14H14N4O. The Balaban J connectivity index is 2.27. The van der Waals surface area contributed by atoms with Crippen LogP contribution >= 0.6 is 0 Å². The summed E-state index contributed by atoms with van der Waals surface area (Å²) in [6.07, 6.45) is 3.55. The van der Waals surface area contributed by atoms with Crippen molar-refractivity contribution in [3.8, 4) is 17.1 Å². The molecule has 0 radical (unpaired) electrons. The highest BCUT2D eigenvalue weighted by Gasteiger charge is 2.12. The second-order valence-corrected chi connectivity index (χ2v) is 4.36. The predicted octanol–water partition coefficient (Wildman–Crippen LogP) is 2.42. The summed E-state index contributed by atoms with van der Waals surface area (Å²) < 4.78 is 6.92. The molecule has 0 bridgehead atoms. The Bertz CT molecular complexity index is 731. The molecule has 0 aliphatic heterocycles. The smallest absolute Gasteiger partial charge is 0.212 e. The second-order valence-electron chi connectivity index (χ2n) is 4.36. The molecule has 3 rings (SSSR count). The van der Waals surface area contributed by atoms with Gasteiger partial charge in [0.2, 0.25) is 5.88 Å². The van der Waals surface area contributed by atoms with Gasteiger partial charge < -0.3 is 4.74 Å². The zero-order valence-electron chi connectivity index (χ0n) is 11.1. The third-order valence-electron chi connectivity index (χ3n) is 3.23. The number of ether oxygens (including phenoxy) is 1. The van der Waals surface area contributed by atoms with Crippen LogP contribution in [0.2, 0.25) is 0 Å². The number of nitrogens with zero attached hydrogens (tertiary/aromatic N) is 4. The minimum absolute atomic E-state index is 0.601. The van der Waals surface area contributed by atoms with Gasteiger partial charge >= 0.3 is 0 Å². The molecule has 0 spiro atoms. The molecule has 0 saturated carbocycles. The van der Waals surface area contributed by atoms with Crippen LogP contribution < -0.4 is 4.74 Å². The fourth-order valence-electron chi connectivity index (χ4n) is 2.12. The Morgan fingerprint density at radius 2 is 2.00 bits per heavy atom. The molecular weight excluding hydrogens is 240 g/mol. The molecule has 3 aromatic rings. The summed E-state index contributed by atoms with van der Waals surface area (Å²) in [6.45, 7) is 4.05. The van der Waals surface area contributed by atoms with Gasteiger partial charge in [0.15, 0.2) is 5.65 Å². The lowest BCUT2D eigenvalue weighted by Gasteiger charge is -2.11. The van der Waals surface area contributed by atoms with E-state index in [1.165, 1.54) is 0 Å². The Morgan fingerprint density at radius 1 is 1.16 bits per heavy atom. The van der Waals surface area contributed by atoms with Crippen molar-refractivity contribution in [3.63, 3.8) is 0 Å². The number of hydrogen-bond donors (Lipinski definition) is 0. The van der Waals surface area contributed by atoms with E-state index in [9.17, 15) is 0 Å². The molecule has 3 heterocycles. The largest absolute Gasteiger partial charge is 0.481 e. The molecule has 0 amide bonds. The third-order valence-corrected chi connectivity index (χ3v) is 3.23. The molecule has 0 unspecified atom stereocenters. The quantitative estimate of drug-likeness (QED) is 0.704. The maximum absolute atomic E-state index is 5.09. The van der Waals surface area contributed by atoms with Crippen molar-refractivity contribution in [1.82, 2.24) is 19.6 Å². The lowest BCUT2D eigenvalue weighted by atomic mass is 10.1. The Labute approximate surface area is 110 Å². The maximum atomic E-state index is 5.09. The summed E-state index contributed by atoms with van der Waals surface area (Å²) in [7, 11) is 1.61. The van der Waals surface area contributed by atoms with Crippen LogP contribution in [0.25, 0.3) is 16.9 Å². The van der Waals surface area contributed by atoms with Gasteiger partial charge in [0.25, 0.3) is 0 Å². The van der Waals surface area contributed by atoms with Gasteiger partial charge in [-0.15, -0.1) is 0 Å². The van der Waals surface area contributed by atoms with Gasteiger partial charge in [0.05, 0.1) is 19.0 Å². The average Bonchev–Trinajstić information content (AvgIpc) is 2.88. The molecule has 96 valence electrons. The Morgan fingerprint density at radius 3 is 2.68 bits per heavy atom. The van der Waals surface area contributed by atoms with Gasteiger partial charge in [-0.3, -0.25) is 0 Å². The summed E-state index contributed by atoms with van der Waals surface area (Å²) in [5.74, 6) is 0.601. The Hall–Kier alpha value is -2.43. The summed E-state index contributed by atoms with van der Waals surface area (Å²) in [5.41, 5.74) is 4.95. The van der Waals surface area contributed by atoms with E-state index in [1.807, 2.05) is 36.6 Å². The molecule has 0 saturated heterocycles. The number of hydrogen-bond acceptors (Lipinski definition) is 4. The number of pyridine rings is 1. The van der Waals surface area contributed by atoms with Crippen LogP contribution in [-0.4, -0.2) is 26.7 Å². The van der Waals surface area contributed by atoms with Gasteiger partial charge in [-0.05, 0) is 25.5 Å². The summed E-state index contributed by atoms with van der Waals surface area (Å²) in [5, 5.41) is 4.33. The zero-order chi connectivity index (χ0) is 13.4. The van der Waals surface area contributed by atoms with Crippen LogP contribution in [0.3, 0.4) is 0 Å². The lowest BCUT2D eigenvalue weighted by Crippen LogP contribution is -2.02. The normalized spacial score (nSPS) is 10.9. The molecule has 0 aromatic carbocycles. The molecule has 0 aliphatic carbocycles. The van der Waals surface area contributed by atoms with Gasteiger partial charge in [-0.25, -0.2) is 14.5 Å². The van der Waals surface area contributed by atoms with Crippen LogP contribution in [0.15, 0.2) is 30.6 Å². The van der Waals surface area contributed by atoms with Crippen LogP contribution in [0.5, 0.6) is 5.88 Å². The first kappa shape index (κ1) is 11.6. The van der Waals surface area contributed by atoms with Crippen LogP contribution in [0.4, 0.5) is 0 Å². The van der Waals surface area contributed by atoms with Crippen LogP contribution in [0.1, 0.15) is 11.3 Å². The molecule has 19 heavy (non-hydrogen) atoms. The zero-order valence-corrected chi connectivity index (χ0v) is 11.1. The number of methoxy groups -OCH3 is 1. The van der Waals surface area contributed by atoms with Gasteiger partial charge in [-0.1, -0.05) is 0 Å². The van der Waals surface area contributed by atoms with Gasteiger partial charge in [0.1, 0.15) is 0 Å². The third kappa shape index (κ3) is 1.83. The van der Waals surface area contributed by atoms with E-state index in [0.717, 1.165) is 28.2 Å². The number of fused-ring (bicyclic) bond motifs is 1. The first-order valence-corrected chi connectivity index (χ1v) is 6.02. The van der Waals surface area contributed by atoms with Crippen molar-refractivity contribution in [2.24, 2.45) is 0 Å². The molecule has 0 aliphatic rings. The molecule has 5 heteroatoms. The molecule has 0 N–H and O–H groups in total. The highest BCUT2D eigenvalue weighted by molar-refractivity contribution is 5.66. The predicted molar refractivity (Wildman–Crippen MR) is 72.2 cm³/mol. The van der Waals surface area contributed by atoms with Crippen molar-refractivity contribution in [1.29, 1.82) is 0 Å². The molecule has 0 fully saturated rings. The van der Waals surface area contributed by atoms with Crippen LogP contribution in [0, 0.1) is 13.8 Å². The van der Waals surface area contributed by atoms with E-state index in [4.69, 9.17) is 4.74 Å². The van der Waals surface area contributed by atoms with E-state index in [2.05, 4.69) is 15.1 Å². The van der Waals surface area contributed by atoms with Crippen molar-refractivity contribution in [2.45, 2.75) is 13.8 Å². The monoisotopic (exact) mass is 254 g/mol. The van der Waals surface area contributed by atoms with Gasteiger partial charge in [0, 0.05) is 29.6 Å². The Kier molecular flexibility index (Phi) is 2.67. The van der Waals surface area contributed by atoms with Crippen molar-refractivity contribution >= 4 is 5.65 Å². The van der Waals surface area contributed by atoms with Crippen molar-refractivity contribution in [3.05, 3.63) is 41.9 Å². The van der Waals surface area contributed by atoms with E-state index < -0.39 is 0 Å². The fraction of sp³-hybridized carbons (Fsp3) is 0.214. The minimum atomic E-state index is 0.601. The maximum Gasteiger partial charge on any atom is 0.212 e. The molecule has 3 aromatic heterocycles. The second kappa shape index (κ2) is 4.35. The first-order valence-electron chi connectivity index (χ1n) is 6.02. The van der Waals surface area contributed by atoms with E-state index in [0.29, 0.717) is 5.88 Å². The SMILES string of the molecule is COc1ccc(-c2c(C)c(C)nc3ccnn23)cn1. The number of aryl methyl sites for hydroxylation is 1. The summed E-state index contributed by atoms with van der Waals surface area (Å²) in [4.78, 5) is 8.76. The molecule has 5 nitrogen and oxygen atoms in total. The van der Waals surface area contributed by atoms with Crippen LogP contribution in [-0.2, 0) is 0 Å². The first-order chi connectivity index (χ1) is 9.20. The van der Waals surface area contributed by atoms with E-state index >= 15 is 0 Å².